The van der Waals surface area contributed by atoms with Gasteiger partial charge in [-0.2, -0.15) is 0 Å². The van der Waals surface area contributed by atoms with E-state index in [2.05, 4.69) is 38.1 Å². The van der Waals surface area contributed by atoms with E-state index in [1.54, 1.807) is 36.5 Å². The largest absolute Gasteiger partial charge is 0.334 e. The van der Waals surface area contributed by atoms with Crippen molar-refractivity contribution in [3.05, 3.63) is 41.7 Å². The van der Waals surface area contributed by atoms with Crippen molar-refractivity contribution in [2.24, 2.45) is 0 Å². The molecule has 3 aromatic heterocycles. The second-order valence-corrected chi connectivity index (χ2v) is 6.44. The van der Waals surface area contributed by atoms with Gasteiger partial charge in [-0.3, -0.25) is 4.98 Å². The molecule has 9 heteroatoms. The van der Waals surface area contributed by atoms with Crippen LogP contribution in [0.1, 0.15) is 12.8 Å². The molecule has 0 atom stereocenters. The van der Waals surface area contributed by atoms with E-state index in [0.717, 1.165) is 12.8 Å². The third-order valence-electron chi connectivity index (χ3n) is 3.68. The first-order valence-corrected chi connectivity index (χ1v) is 8.44. The third-order valence-corrected chi connectivity index (χ3v) is 4.28. The molecule has 126 valence electrons. The van der Waals surface area contributed by atoms with E-state index in [1.165, 1.54) is 4.31 Å². The number of pyridine rings is 2. The summed E-state index contributed by atoms with van der Waals surface area (Å²) in [6.07, 6.45) is 3.61. The topological polar surface area (TPSA) is 83.9 Å². The van der Waals surface area contributed by atoms with E-state index in [1.807, 2.05) is 0 Å². The van der Waals surface area contributed by atoms with Gasteiger partial charge >= 0.3 is 6.03 Å². The van der Waals surface area contributed by atoms with E-state index < -0.39 is 0 Å². The van der Waals surface area contributed by atoms with Gasteiger partial charge in [-0.05, 0) is 37.1 Å². The molecule has 0 aliphatic heterocycles. The van der Waals surface area contributed by atoms with Crippen LogP contribution in [0.15, 0.2) is 36.5 Å². The first kappa shape index (κ1) is 16.0. The quantitative estimate of drug-likeness (QED) is 0.544. The van der Waals surface area contributed by atoms with Gasteiger partial charge in [0.1, 0.15) is 22.2 Å². The zero-order valence-electron chi connectivity index (χ0n) is 12.9. The van der Waals surface area contributed by atoms with Crippen LogP contribution in [0, 0.1) is 0 Å². The molecular formula is C16H13ClN6OS. The molecule has 7 nitrogen and oxygen atoms in total. The van der Waals surface area contributed by atoms with Gasteiger partial charge in [0.2, 0.25) is 0 Å². The lowest BCUT2D eigenvalue weighted by molar-refractivity contribution is 0.249. The number of hydrogen-bond donors (Lipinski definition) is 2. The van der Waals surface area contributed by atoms with E-state index in [-0.39, 0.29) is 12.1 Å². The van der Waals surface area contributed by atoms with Crippen LogP contribution in [-0.2, 0) is 0 Å². The molecular weight excluding hydrogens is 360 g/mol. The second-order valence-electron chi connectivity index (χ2n) is 5.65. The zero-order chi connectivity index (χ0) is 17.4. The van der Waals surface area contributed by atoms with Gasteiger partial charge in [0.05, 0.1) is 11.9 Å². The van der Waals surface area contributed by atoms with E-state index in [9.17, 15) is 4.79 Å². The molecule has 0 spiro atoms. The predicted molar refractivity (Wildman–Crippen MR) is 98.6 cm³/mol. The Hall–Kier alpha value is -2.45. The number of carbonyl (C=O) groups excluding carboxylic acids is 1. The molecule has 0 aromatic carbocycles. The number of urea groups is 1. The summed E-state index contributed by atoms with van der Waals surface area (Å²) in [6, 6.07) is 8.62. The lowest BCUT2D eigenvalue weighted by atomic mass is 10.3. The SMILES string of the molecule is O=C(NC1CC1)N(S)c1ccc2ncc(-c3cccc(Cl)n3)nc2n1. The number of carbonyl (C=O) groups is 1. The first-order chi connectivity index (χ1) is 12.1. The molecule has 2 amide bonds. The average molecular weight is 373 g/mol. The molecule has 0 unspecified atom stereocenters. The fraction of sp³-hybridized carbons (Fsp3) is 0.188. The Morgan fingerprint density at radius 2 is 2.00 bits per heavy atom. The molecule has 1 aliphatic carbocycles. The molecule has 25 heavy (non-hydrogen) atoms. The molecule has 1 aliphatic rings. The summed E-state index contributed by atoms with van der Waals surface area (Å²) in [5, 5.41) is 3.23. The van der Waals surface area contributed by atoms with Crippen molar-refractivity contribution >= 4 is 47.4 Å². The molecule has 0 bridgehead atoms. The summed E-state index contributed by atoms with van der Waals surface area (Å²) in [5.41, 5.74) is 2.16. The van der Waals surface area contributed by atoms with E-state index in [4.69, 9.17) is 11.6 Å². The van der Waals surface area contributed by atoms with Gasteiger partial charge in [0.15, 0.2) is 5.65 Å². The number of halogens is 1. The highest BCUT2D eigenvalue weighted by Crippen LogP contribution is 2.23. The van der Waals surface area contributed by atoms with Crippen molar-refractivity contribution in [1.82, 2.24) is 25.3 Å². The second kappa shape index (κ2) is 6.45. The van der Waals surface area contributed by atoms with Crippen molar-refractivity contribution in [3.8, 4) is 11.4 Å². The van der Waals surface area contributed by atoms with Gasteiger partial charge in [-0.25, -0.2) is 24.1 Å². The Balaban J connectivity index is 1.67. The monoisotopic (exact) mass is 372 g/mol. The van der Waals surface area contributed by atoms with Crippen molar-refractivity contribution < 1.29 is 4.79 Å². The van der Waals surface area contributed by atoms with Gasteiger partial charge in [-0.1, -0.05) is 30.5 Å². The number of aromatic nitrogens is 4. The summed E-state index contributed by atoms with van der Waals surface area (Å²) < 4.78 is 1.17. The standard InChI is InChI=1S/C16H13ClN6OS/c17-13-3-1-2-10(20-13)12-8-18-11-6-7-14(22-15(11)21-12)23(25)16(24)19-9-4-5-9/h1-3,6-9,25H,4-5H2,(H,19,24). The summed E-state index contributed by atoms with van der Waals surface area (Å²) in [7, 11) is 0. The number of thiol groups is 1. The number of anilines is 1. The number of rotatable bonds is 3. The minimum Gasteiger partial charge on any atom is -0.334 e. The molecule has 0 radical (unpaired) electrons. The maximum atomic E-state index is 12.1. The highest BCUT2D eigenvalue weighted by molar-refractivity contribution is 7.82. The van der Waals surface area contributed by atoms with E-state index >= 15 is 0 Å². The van der Waals surface area contributed by atoms with Crippen molar-refractivity contribution in [3.63, 3.8) is 0 Å². The van der Waals surface area contributed by atoms with Crippen LogP contribution >= 0.6 is 24.4 Å². The Labute approximate surface area is 154 Å². The maximum Gasteiger partial charge on any atom is 0.333 e. The third kappa shape index (κ3) is 3.49. The van der Waals surface area contributed by atoms with Crippen LogP contribution in [0.4, 0.5) is 10.6 Å². The van der Waals surface area contributed by atoms with Gasteiger partial charge < -0.3 is 5.32 Å². The first-order valence-electron chi connectivity index (χ1n) is 7.66. The van der Waals surface area contributed by atoms with Crippen LogP contribution in [-0.4, -0.2) is 32.0 Å². The Morgan fingerprint density at radius 1 is 1.16 bits per heavy atom. The van der Waals surface area contributed by atoms with Crippen LogP contribution < -0.4 is 9.62 Å². The summed E-state index contributed by atoms with van der Waals surface area (Å²) in [6.45, 7) is 0. The molecule has 0 saturated heterocycles. The molecule has 1 N–H and O–H groups in total. The van der Waals surface area contributed by atoms with Crippen LogP contribution in [0.2, 0.25) is 5.15 Å². The molecule has 4 rings (SSSR count). The van der Waals surface area contributed by atoms with Crippen LogP contribution in [0.5, 0.6) is 0 Å². The van der Waals surface area contributed by atoms with Crippen LogP contribution in [0.25, 0.3) is 22.6 Å². The smallest absolute Gasteiger partial charge is 0.333 e. The molecule has 1 saturated carbocycles. The molecule has 3 heterocycles. The fourth-order valence-electron chi connectivity index (χ4n) is 2.25. The lowest BCUT2D eigenvalue weighted by Crippen LogP contribution is -2.35. The van der Waals surface area contributed by atoms with Crippen LogP contribution in [0.3, 0.4) is 0 Å². The van der Waals surface area contributed by atoms with Crippen molar-refractivity contribution in [1.29, 1.82) is 0 Å². The lowest BCUT2D eigenvalue weighted by Gasteiger charge is -2.15. The van der Waals surface area contributed by atoms with Gasteiger partial charge in [0, 0.05) is 6.04 Å². The highest BCUT2D eigenvalue weighted by Gasteiger charge is 2.26. The number of amides is 2. The predicted octanol–water partition coefficient (Wildman–Crippen LogP) is 3.26. The van der Waals surface area contributed by atoms with Crippen molar-refractivity contribution in [2.45, 2.75) is 18.9 Å². The van der Waals surface area contributed by atoms with Crippen molar-refractivity contribution in [2.75, 3.05) is 4.31 Å². The van der Waals surface area contributed by atoms with Gasteiger partial charge in [-0.15, -0.1) is 0 Å². The summed E-state index contributed by atoms with van der Waals surface area (Å²) in [5.74, 6) is 0.375. The summed E-state index contributed by atoms with van der Waals surface area (Å²) >= 11 is 10.2. The molecule has 1 fully saturated rings. The normalized spacial score (nSPS) is 13.7. The maximum absolute atomic E-state index is 12.1. The van der Waals surface area contributed by atoms with E-state index in [0.29, 0.717) is 33.5 Å². The average Bonchev–Trinajstić information content (AvgIpc) is 3.44. The number of nitrogens with zero attached hydrogens (tertiary/aromatic N) is 5. The Bertz CT molecular complexity index is 964. The number of hydrogen-bond acceptors (Lipinski definition) is 6. The molecule has 3 aromatic rings. The highest BCUT2D eigenvalue weighted by atomic mass is 35.5. The Kier molecular flexibility index (Phi) is 4.14. The summed E-state index contributed by atoms with van der Waals surface area (Å²) in [4.78, 5) is 29.5. The number of fused-ring (bicyclic) bond motifs is 1. The minimum absolute atomic E-state index is 0.239. The zero-order valence-corrected chi connectivity index (χ0v) is 14.6. The number of nitrogens with one attached hydrogen (secondary N) is 1. The van der Waals surface area contributed by atoms with Gasteiger partial charge in [0.25, 0.3) is 0 Å². The Morgan fingerprint density at radius 3 is 2.76 bits per heavy atom. The minimum atomic E-state index is -0.307. The fourth-order valence-corrected chi connectivity index (χ4v) is 2.58.